The molecule has 0 saturated heterocycles. The van der Waals surface area contributed by atoms with E-state index in [1.54, 1.807) is 49.1 Å². The van der Waals surface area contributed by atoms with Gasteiger partial charge in [0.15, 0.2) is 5.82 Å². The number of halogens is 5. The summed E-state index contributed by atoms with van der Waals surface area (Å²) >= 11 is 0.864. The largest absolute Gasteiger partial charge is 0.481 e. The molecule has 0 amide bonds. The summed E-state index contributed by atoms with van der Waals surface area (Å²) in [5.41, 5.74) is -0.628. The summed E-state index contributed by atoms with van der Waals surface area (Å²) in [6.07, 6.45) is -2.79. The van der Waals surface area contributed by atoms with E-state index in [0.717, 1.165) is 25.9 Å². The number of hydrogen-bond donors (Lipinski definition) is 2. The number of nitrogens with zero attached hydrogens (tertiary/aromatic N) is 5. The third-order valence-electron chi connectivity index (χ3n) is 8.08. The lowest BCUT2D eigenvalue weighted by atomic mass is 9.93. The Morgan fingerprint density at radius 2 is 1.80 bits per heavy atom. The fraction of sp³-hybridized carbons (Fsp3) is 0.412. The van der Waals surface area contributed by atoms with Gasteiger partial charge in [-0.1, -0.05) is 30.3 Å². The summed E-state index contributed by atoms with van der Waals surface area (Å²) in [5.74, 6) is -3.99. The molecule has 0 atom stereocenters. The van der Waals surface area contributed by atoms with Gasteiger partial charge in [-0.05, 0) is 58.4 Å². The summed E-state index contributed by atoms with van der Waals surface area (Å²) in [6, 6.07) is 15.3. The van der Waals surface area contributed by atoms with Crippen molar-refractivity contribution in [2.24, 2.45) is 10.8 Å². The van der Waals surface area contributed by atoms with Gasteiger partial charge in [0.05, 0.1) is 34.3 Å². The van der Waals surface area contributed by atoms with Crippen molar-refractivity contribution in [3.05, 3.63) is 72.4 Å². The lowest BCUT2D eigenvalue weighted by Crippen LogP contribution is -2.40. The number of pyridine rings is 2. The van der Waals surface area contributed by atoms with E-state index in [4.69, 9.17) is 13.8 Å². The van der Waals surface area contributed by atoms with Gasteiger partial charge in [0.25, 0.3) is 5.92 Å². The third kappa shape index (κ3) is 9.07. The van der Waals surface area contributed by atoms with Crippen molar-refractivity contribution in [2.45, 2.75) is 51.2 Å². The molecule has 51 heavy (non-hydrogen) atoms. The first kappa shape index (κ1) is 37.8. The molecule has 0 unspecified atom stereocenters. The minimum Gasteiger partial charge on any atom is -0.481 e. The van der Waals surface area contributed by atoms with Crippen LogP contribution in [0, 0.1) is 10.8 Å². The molecule has 0 spiro atoms. The highest BCUT2D eigenvalue weighted by molar-refractivity contribution is 7.94. The fourth-order valence-corrected chi connectivity index (χ4v) is 5.42. The lowest BCUT2D eigenvalue weighted by molar-refractivity contribution is -0.219. The zero-order chi connectivity index (χ0) is 37.0. The van der Waals surface area contributed by atoms with Gasteiger partial charge in [-0.3, -0.25) is 4.79 Å². The molecule has 11 nitrogen and oxygen atoms in total. The second-order valence-electron chi connectivity index (χ2n) is 13.2. The number of benzene rings is 1. The number of rotatable bonds is 7. The van der Waals surface area contributed by atoms with Crippen LogP contribution in [0.3, 0.4) is 0 Å². The molecule has 0 radical (unpaired) electrons. The van der Waals surface area contributed by atoms with E-state index in [2.05, 4.69) is 20.5 Å². The number of carboxylic acids is 1. The molecule has 17 heteroatoms. The summed E-state index contributed by atoms with van der Waals surface area (Å²) in [5, 5.41) is 14.4. The maximum Gasteiger partial charge on any atom is 0.397 e. The van der Waals surface area contributed by atoms with Gasteiger partial charge in [0.1, 0.15) is 24.1 Å². The zero-order valence-electron chi connectivity index (χ0n) is 28.2. The first-order chi connectivity index (χ1) is 24.0. The SMILES string of the molecule is CC(C)(CN1CCCOCC(F)(F)c2ccccc2-c2nc(ccc2-n2ccc(OCC(C)(C)C(F)(F)F)n2)NOSc2cccc1n2)C(=O)O. The summed E-state index contributed by atoms with van der Waals surface area (Å²) < 4.78 is 89.9. The van der Waals surface area contributed by atoms with Crippen molar-refractivity contribution >= 4 is 29.6 Å². The Morgan fingerprint density at radius 3 is 2.55 bits per heavy atom. The molecule has 2 N–H and O–H groups in total. The quantitative estimate of drug-likeness (QED) is 0.143. The molecule has 0 saturated carbocycles. The number of anilines is 2. The minimum atomic E-state index is -4.51. The van der Waals surface area contributed by atoms with Crippen LogP contribution in [0.2, 0.25) is 0 Å². The van der Waals surface area contributed by atoms with Gasteiger partial charge in [0, 0.05) is 43.1 Å². The van der Waals surface area contributed by atoms with Crippen LogP contribution in [-0.2, 0) is 19.7 Å². The Morgan fingerprint density at radius 1 is 1.04 bits per heavy atom. The van der Waals surface area contributed by atoms with Crippen molar-refractivity contribution in [1.82, 2.24) is 19.7 Å². The number of alkyl halides is 5. The van der Waals surface area contributed by atoms with Gasteiger partial charge in [-0.2, -0.15) is 26.2 Å². The van der Waals surface area contributed by atoms with Gasteiger partial charge < -0.3 is 19.5 Å². The molecular formula is C34H37F5N6O5S. The molecule has 4 bridgehead atoms. The standard InChI is InChI=1S/C34H37F5N6O5S/c1-31(2,30(46)47)19-44-16-8-18-48-21-33(35,36)23-10-6-5-9-22(23)29-24(45-17-15-27(42-45)49-20-32(3,4)34(37,38)39)13-14-25(40-29)43-50-51-28-12-7-11-26(44)41-28/h5-7,9-15,17H,8,16,18-21H2,1-4H3,(H,40,43)(H,46,47). The van der Waals surface area contributed by atoms with E-state index in [1.165, 1.54) is 41.2 Å². The Bertz CT molecular complexity index is 1840. The molecule has 1 aliphatic rings. The number of nitrogens with one attached hydrogen (secondary N) is 1. The van der Waals surface area contributed by atoms with Crippen LogP contribution in [0.15, 0.2) is 71.9 Å². The number of hydrogen-bond acceptors (Lipinski definition) is 10. The van der Waals surface area contributed by atoms with Crippen molar-refractivity contribution in [2.75, 3.05) is 43.3 Å². The van der Waals surface area contributed by atoms with Crippen LogP contribution in [0.4, 0.5) is 33.6 Å². The first-order valence-electron chi connectivity index (χ1n) is 15.8. The molecule has 4 heterocycles. The van der Waals surface area contributed by atoms with Crippen molar-refractivity contribution in [3.8, 4) is 22.8 Å². The van der Waals surface area contributed by atoms with Crippen LogP contribution in [0.1, 0.15) is 39.7 Å². The van der Waals surface area contributed by atoms with E-state index in [1.807, 2.05) is 0 Å². The van der Waals surface area contributed by atoms with Crippen molar-refractivity contribution in [3.63, 3.8) is 0 Å². The smallest absolute Gasteiger partial charge is 0.397 e. The normalized spacial score (nSPS) is 16.0. The molecule has 4 aromatic rings. The molecular weight excluding hydrogens is 699 g/mol. The average Bonchev–Trinajstić information content (AvgIpc) is 3.55. The highest BCUT2D eigenvalue weighted by Gasteiger charge is 2.48. The number of aromatic nitrogens is 4. The van der Waals surface area contributed by atoms with Gasteiger partial charge >= 0.3 is 12.1 Å². The van der Waals surface area contributed by atoms with Crippen LogP contribution >= 0.6 is 12.0 Å². The molecule has 1 aliphatic heterocycles. The Labute approximate surface area is 295 Å². The van der Waals surface area contributed by atoms with Crippen LogP contribution in [0.5, 0.6) is 5.88 Å². The molecule has 1 aromatic carbocycles. The summed E-state index contributed by atoms with van der Waals surface area (Å²) in [4.78, 5) is 22.9. The van der Waals surface area contributed by atoms with Crippen molar-refractivity contribution < 1.29 is 45.6 Å². The van der Waals surface area contributed by atoms with Crippen LogP contribution in [0.25, 0.3) is 16.9 Å². The predicted molar refractivity (Wildman–Crippen MR) is 180 cm³/mol. The minimum absolute atomic E-state index is 0.0473. The molecule has 0 fully saturated rings. The molecule has 0 aliphatic carbocycles. The number of ether oxygens (including phenoxy) is 2. The maximum absolute atomic E-state index is 16.0. The van der Waals surface area contributed by atoms with Crippen molar-refractivity contribution in [1.29, 1.82) is 0 Å². The lowest BCUT2D eigenvalue weighted by Gasteiger charge is -2.31. The monoisotopic (exact) mass is 736 g/mol. The summed E-state index contributed by atoms with van der Waals surface area (Å²) in [7, 11) is 0. The highest BCUT2D eigenvalue weighted by atomic mass is 32.2. The van der Waals surface area contributed by atoms with E-state index in [9.17, 15) is 23.1 Å². The number of aliphatic carboxylic acids is 1. The molecule has 274 valence electrons. The maximum atomic E-state index is 16.0. The first-order valence-corrected chi connectivity index (χ1v) is 16.6. The second kappa shape index (κ2) is 15.0. The highest BCUT2D eigenvalue weighted by Crippen LogP contribution is 2.40. The Kier molecular flexibility index (Phi) is 11.1. The van der Waals surface area contributed by atoms with E-state index in [-0.39, 0.29) is 53.9 Å². The second-order valence-corrected chi connectivity index (χ2v) is 14.0. The third-order valence-corrected chi connectivity index (χ3v) is 8.65. The molecule has 3 aromatic heterocycles. The van der Waals surface area contributed by atoms with Gasteiger partial charge in [-0.25, -0.2) is 20.1 Å². The predicted octanol–water partition coefficient (Wildman–Crippen LogP) is 7.78. The fourth-order valence-electron chi connectivity index (χ4n) is 4.94. The average molecular weight is 737 g/mol. The van der Waals surface area contributed by atoms with E-state index < -0.39 is 42.1 Å². The summed E-state index contributed by atoms with van der Waals surface area (Å²) in [6.45, 7) is 3.87. The zero-order valence-corrected chi connectivity index (χ0v) is 29.0. The Balaban J connectivity index is 1.50. The van der Waals surface area contributed by atoms with Crippen LogP contribution < -0.4 is 15.1 Å². The topological polar surface area (TPSA) is 124 Å². The number of fused-ring (bicyclic) bond motifs is 6. The number of carbonyl (C=O) groups is 1. The van der Waals surface area contributed by atoms with Gasteiger partial charge in [0.2, 0.25) is 5.88 Å². The van der Waals surface area contributed by atoms with Gasteiger partial charge in [-0.15, -0.1) is 5.10 Å². The Hall–Kier alpha value is -4.48. The van der Waals surface area contributed by atoms with E-state index >= 15 is 8.78 Å². The van der Waals surface area contributed by atoms with Crippen LogP contribution in [-0.4, -0.2) is 69.9 Å². The van der Waals surface area contributed by atoms with E-state index in [0.29, 0.717) is 17.3 Å². The molecule has 5 rings (SSSR count). The number of carboxylic acid groups (broad SMARTS) is 1.